The van der Waals surface area contributed by atoms with E-state index >= 15 is 0 Å². The number of aromatic nitrogens is 5. The first-order chi connectivity index (χ1) is 12.6. The van der Waals surface area contributed by atoms with Crippen molar-refractivity contribution in [2.75, 3.05) is 11.6 Å². The number of hydrogen-bond acceptors (Lipinski definition) is 8. The van der Waals surface area contributed by atoms with Crippen LogP contribution in [0.2, 0.25) is 5.22 Å². The molecule has 4 rings (SSSR count). The zero-order valence-corrected chi connectivity index (χ0v) is 15.4. The van der Waals surface area contributed by atoms with Crippen molar-refractivity contribution in [1.29, 1.82) is 0 Å². The fraction of sp³-hybridized carbons (Fsp3) is 0.188. The Kier molecular flexibility index (Phi) is 4.25. The molecule has 26 heavy (non-hydrogen) atoms. The van der Waals surface area contributed by atoms with Crippen LogP contribution in [0.3, 0.4) is 0 Å². The smallest absolute Gasteiger partial charge is 0.350 e. The Bertz CT molecular complexity index is 1190. The van der Waals surface area contributed by atoms with Crippen LogP contribution in [-0.4, -0.2) is 30.8 Å². The molecule has 0 bridgehead atoms. The number of thioether (sulfide) groups is 1. The summed E-state index contributed by atoms with van der Waals surface area (Å²) < 4.78 is 6.78. The van der Waals surface area contributed by atoms with Gasteiger partial charge < -0.3 is 9.73 Å². The van der Waals surface area contributed by atoms with Crippen LogP contribution >= 0.6 is 23.4 Å². The van der Waals surface area contributed by atoms with E-state index in [4.69, 9.17) is 16.0 Å². The van der Waals surface area contributed by atoms with E-state index in [1.165, 1.54) is 18.1 Å². The van der Waals surface area contributed by atoms with Crippen LogP contribution in [0, 0.1) is 6.92 Å². The molecule has 0 aliphatic carbocycles. The molecule has 0 fully saturated rings. The molecule has 0 atom stereocenters. The van der Waals surface area contributed by atoms with Crippen LogP contribution < -0.4 is 10.9 Å². The van der Waals surface area contributed by atoms with Crippen molar-refractivity contribution in [1.82, 2.24) is 24.6 Å². The largest absolute Gasteiger partial charge is 0.410 e. The van der Waals surface area contributed by atoms with Gasteiger partial charge in [0, 0.05) is 18.3 Å². The van der Waals surface area contributed by atoms with E-state index in [2.05, 4.69) is 25.4 Å². The third-order valence-corrected chi connectivity index (χ3v) is 4.81. The Labute approximate surface area is 156 Å². The zero-order valence-electron chi connectivity index (χ0n) is 13.9. The van der Waals surface area contributed by atoms with Crippen molar-refractivity contribution in [2.45, 2.75) is 18.6 Å². The SMILES string of the molecule is CSc1nc(NCc2ccc3ncnn3c2)c2c(=O)oc(Cl)c(C)c2n1. The van der Waals surface area contributed by atoms with Crippen molar-refractivity contribution < 1.29 is 4.42 Å². The van der Waals surface area contributed by atoms with E-state index in [0.29, 0.717) is 28.6 Å². The Hall–Kier alpha value is -2.65. The lowest BCUT2D eigenvalue weighted by Crippen LogP contribution is -2.11. The monoisotopic (exact) mass is 388 g/mol. The number of anilines is 1. The summed E-state index contributed by atoms with van der Waals surface area (Å²) >= 11 is 7.37. The maximum atomic E-state index is 12.3. The highest BCUT2D eigenvalue weighted by Crippen LogP contribution is 2.27. The Morgan fingerprint density at radius 1 is 1.35 bits per heavy atom. The number of nitrogens with zero attached hydrogens (tertiary/aromatic N) is 5. The molecule has 8 nitrogen and oxygen atoms in total. The predicted octanol–water partition coefficient (Wildman–Crippen LogP) is 2.92. The number of aryl methyl sites for hydroxylation is 1. The summed E-state index contributed by atoms with van der Waals surface area (Å²) in [7, 11) is 0. The number of pyridine rings is 1. The molecule has 0 aliphatic rings. The van der Waals surface area contributed by atoms with Gasteiger partial charge in [-0.1, -0.05) is 17.8 Å². The van der Waals surface area contributed by atoms with E-state index < -0.39 is 5.63 Å². The predicted molar refractivity (Wildman–Crippen MR) is 99.9 cm³/mol. The molecule has 0 saturated heterocycles. The number of rotatable bonds is 4. The minimum Gasteiger partial charge on any atom is -0.410 e. The molecule has 0 radical (unpaired) electrons. The second-order valence-corrected chi connectivity index (χ2v) is 6.64. The molecule has 0 aliphatic heterocycles. The molecule has 10 heteroatoms. The molecule has 0 amide bonds. The van der Waals surface area contributed by atoms with Gasteiger partial charge in [0.15, 0.2) is 10.8 Å². The Morgan fingerprint density at radius 3 is 3.00 bits per heavy atom. The first-order valence-electron chi connectivity index (χ1n) is 7.64. The van der Waals surface area contributed by atoms with Crippen LogP contribution in [0.1, 0.15) is 11.1 Å². The molecule has 1 N–H and O–H groups in total. The highest BCUT2D eigenvalue weighted by Gasteiger charge is 2.17. The van der Waals surface area contributed by atoms with Gasteiger partial charge in [0.2, 0.25) is 5.22 Å². The van der Waals surface area contributed by atoms with E-state index in [0.717, 1.165) is 11.2 Å². The van der Waals surface area contributed by atoms with Gasteiger partial charge in [0.1, 0.15) is 17.5 Å². The molecule has 4 aromatic rings. The van der Waals surface area contributed by atoms with E-state index in [9.17, 15) is 4.79 Å². The fourth-order valence-corrected chi connectivity index (χ4v) is 3.10. The summed E-state index contributed by atoms with van der Waals surface area (Å²) in [5.74, 6) is 0.409. The second kappa shape index (κ2) is 6.58. The lowest BCUT2D eigenvalue weighted by Gasteiger charge is -2.11. The van der Waals surface area contributed by atoms with E-state index in [1.807, 2.05) is 24.6 Å². The molecule has 0 aromatic carbocycles. The highest BCUT2D eigenvalue weighted by molar-refractivity contribution is 7.98. The summed E-state index contributed by atoms with van der Waals surface area (Å²) in [6.07, 6.45) is 5.22. The fourth-order valence-electron chi connectivity index (χ4n) is 2.58. The zero-order chi connectivity index (χ0) is 18.3. The maximum Gasteiger partial charge on any atom is 0.350 e. The van der Waals surface area contributed by atoms with Gasteiger partial charge in [-0.15, -0.1) is 0 Å². The number of nitrogens with one attached hydrogen (secondary N) is 1. The third-order valence-electron chi connectivity index (χ3n) is 3.90. The van der Waals surface area contributed by atoms with E-state index in [-0.39, 0.29) is 10.6 Å². The minimum atomic E-state index is -0.572. The molecule has 0 saturated carbocycles. The standard InChI is InChI=1S/C16H13ClN6O2S/c1-8-12-11(15(24)25-13(8)17)14(22-16(21-12)26-2)18-5-9-3-4-10-19-7-20-23(10)6-9/h3-4,6-7H,5H2,1-2H3,(H,18,21,22). The van der Waals surface area contributed by atoms with Gasteiger partial charge in [0.05, 0.1) is 5.52 Å². The van der Waals surface area contributed by atoms with Crippen LogP contribution in [0.25, 0.3) is 16.6 Å². The van der Waals surface area contributed by atoms with Gasteiger partial charge in [-0.3, -0.25) is 0 Å². The van der Waals surface area contributed by atoms with Crippen LogP contribution in [0.5, 0.6) is 0 Å². The molecule has 4 heterocycles. The lowest BCUT2D eigenvalue weighted by molar-refractivity contribution is 0.517. The number of halogens is 1. The summed E-state index contributed by atoms with van der Waals surface area (Å²) in [5, 5.41) is 8.17. The van der Waals surface area contributed by atoms with Gasteiger partial charge in [-0.25, -0.2) is 24.3 Å². The summed E-state index contributed by atoms with van der Waals surface area (Å²) in [6.45, 7) is 2.20. The van der Waals surface area contributed by atoms with Gasteiger partial charge in [-0.05, 0) is 36.4 Å². The van der Waals surface area contributed by atoms with Crippen molar-refractivity contribution in [3.63, 3.8) is 0 Å². The second-order valence-electron chi connectivity index (χ2n) is 5.52. The lowest BCUT2D eigenvalue weighted by atomic mass is 10.2. The normalized spacial score (nSPS) is 11.3. The molecular weight excluding hydrogens is 376 g/mol. The number of fused-ring (bicyclic) bond motifs is 2. The highest BCUT2D eigenvalue weighted by atomic mass is 35.5. The van der Waals surface area contributed by atoms with Gasteiger partial charge in [0.25, 0.3) is 0 Å². The molecule has 0 unspecified atom stereocenters. The minimum absolute atomic E-state index is 0.0378. The van der Waals surface area contributed by atoms with Crippen LogP contribution in [0.4, 0.5) is 5.82 Å². The van der Waals surface area contributed by atoms with Crippen molar-refractivity contribution in [3.8, 4) is 0 Å². The quantitative estimate of drug-likeness (QED) is 0.421. The molecule has 0 spiro atoms. The van der Waals surface area contributed by atoms with Crippen molar-refractivity contribution >= 4 is 45.7 Å². The van der Waals surface area contributed by atoms with Gasteiger partial charge >= 0.3 is 5.63 Å². The van der Waals surface area contributed by atoms with E-state index in [1.54, 1.807) is 11.4 Å². The van der Waals surface area contributed by atoms with Gasteiger partial charge in [-0.2, -0.15) is 5.10 Å². The average molecular weight is 389 g/mol. The molecule has 4 aromatic heterocycles. The first-order valence-corrected chi connectivity index (χ1v) is 9.24. The first kappa shape index (κ1) is 16.8. The topological polar surface area (TPSA) is 98.2 Å². The molecule has 132 valence electrons. The number of hydrogen-bond donors (Lipinski definition) is 1. The van der Waals surface area contributed by atoms with Crippen LogP contribution in [-0.2, 0) is 6.54 Å². The summed E-state index contributed by atoms with van der Waals surface area (Å²) in [6, 6.07) is 3.80. The average Bonchev–Trinajstić information content (AvgIpc) is 3.11. The maximum absolute atomic E-state index is 12.3. The third kappa shape index (κ3) is 2.89. The summed E-state index contributed by atoms with van der Waals surface area (Å²) in [4.78, 5) is 25.3. The van der Waals surface area contributed by atoms with Crippen molar-refractivity contribution in [2.24, 2.45) is 0 Å². The Balaban J connectivity index is 1.77. The van der Waals surface area contributed by atoms with Crippen molar-refractivity contribution in [3.05, 3.63) is 51.4 Å². The van der Waals surface area contributed by atoms with Crippen LogP contribution in [0.15, 0.2) is 39.0 Å². The Morgan fingerprint density at radius 2 is 2.19 bits per heavy atom. The summed E-state index contributed by atoms with van der Waals surface area (Å²) in [5.41, 5.74) is 2.23. The molecular formula is C16H13ClN6O2S.